The van der Waals surface area contributed by atoms with E-state index in [-0.39, 0.29) is 19.4 Å². The molecule has 1 rings (SSSR count). The first-order valence-electron chi connectivity index (χ1n) is 22.8. The van der Waals surface area contributed by atoms with E-state index in [0.29, 0.717) is 25.0 Å². The number of unbranched alkanes of at least 4 members (excludes halogenated alkanes) is 24. The zero-order chi connectivity index (χ0) is 40.1. The van der Waals surface area contributed by atoms with Crippen molar-refractivity contribution in [3.63, 3.8) is 0 Å². The highest BCUT2D eigenvalue weighted by Gasteiger charge is 2.36. The standard InChI is InChI=1S/C45H83O9P/c1-3-5-7-9-11-12-13-14-15-16-17-18-19-20-21-22-23-24-25-29-34-38-45(47)53-41(40-52-55(48,49)50)39-51-44(46)37-33-30-26-28-32-36-43-42(54-43)35-31-27-10-8-6-4-2/h14-15,27,31,41-43H,3-13,16-26,28-30,32-40H2,1-2H3,(H2,48,49,50)/b15-14-,31-27-/t41-,42?,43?/m1/s1. The number of hydrogen-bond donors (Lipinski definition) is 2. The quantitative estimate of drug-likeness (QED) is 0.0204. The number of carbonyl (C=O) groups excluding carboxylic acids is 2. The number of carbonyl (C=O) groups is 2. The van der Waals surface area contributed by atoms with Crippen LogP contribution in [-0.2, 0) is 32.9 Å². The number of phosphoric ester groups is 1. The number of hydrogen-bond acceptors (Lipinski definition) is 7. The molecule has 0 aromatic heterocycles. The van der Waals surface area contributed by atoms with E-state index in [9.17, 15) is 14.2 Å². The summed E-state index contributed by atoms with van der Waals surface area (Å²) in [6.45, 7) is 3.65. The van der Waals surface area contributed by atoms with E-state index in [1.54, 1.807) is 0 Å². The van der Waals surface area contributed by atoms with Gasteiger partial charge in [0.25, 0.3) is 0 Å². The largest absolute Gasteiger partial charge is 0.469 e. The fraction of sp³-hybridized carbons (Fsp3) is 0.867. The first-order chi connectivity index (χ1) is 26.7. The van der Waals surface area contributed by atoms with Gasteiger partial charge in [0.1, 0.15) is 6.61 Å². The van der Waals surface area contributed by atoms with Gasteiger partial charge < -0.3 is 24.0 Å². The molecule has 0 saturated carbocycles. The van der Waals surface area contributed by atoms with Crippen molar-refractivity contribution in [2.24, 2.45) is 0 Å². The Labute approximate surface area is 336 Å². The number of epoxide rings is 1. The molecule has 1 heterocycles. The lowest BCUT2D eigenvalue weighted by Crippen LogP contribution is -2.29. The van der Waals surface area contributed by atoms with Crippen molar-refractivity contribution >= 4 is 19.8 Å². The average Bonchev–Trinajstić information content (AvgIpc) is 3.91. The maximum Gasteiger partial charge on any atom is 0.469 e. The average molecular weight is 799 g/mol. The molecule has 0 aliphatic carbocycles. The lowest BCUT2D eigenvalue weighted by atomic mass is 10.0. The summed E-state index contributed by atoms with van der Waals surface area (Å²) in [5.41, 5.74) is 0. The van der Waals surface area contributed by atoms with Gasteiger partial charge in [0.2, 0.25) is 0 Å². The van der Waals surface area contributed by atoms with Crippen LogP contribution in [0, 0.1) is 0 Å². The van der Waals surface area contributed by atoms with Crippen molar-refractivity contribution in [2.75, 3.05) is 13.2 Å². The summed E-state index contributed by atoms with van der Waals surface area (Å²) in [7, 11) is -4.76. The topological polar surface area (TPSA) is 132 Å². The van der Waals surface area contributed by atoms with E-state index in [4.69, 9.17) is 24.0 Å². The third-order valence-corrected chi connectivity index (χ3v) is 10.9. The van der Waals surface area contributed by atoms with Gasteiger partial charge in [-0.25, -0.2) is 4.57 Å². The number of esters is 2. The minimum Gasteiger partial charge on any atom is -0.462 e. The molecule has 322 valence electrons. The molecule has 10 heteroatoms. The molecule has 0 radical (unpaired) electrons. The van der Waals surface area contributed by atoms with Gasteiger partial charge in [-0.1, -0.05) is 167 Å². The van der Waals surface area contributed by atoms with Crippen molar-refractivity contribution in [1.29, 1.82) is 0 Å². The molecule has 0 bridgehead atoms. The normalized spacial score (nSPS) is 16.3. The van der Waals surface area contributed by atoms with Gasteiger partial charge >= 0.3 is 19.8 Å². The van der Waals surface area contributed by atoms with E-state index >= 15 is 0 Å². The molecule has 1 fully saturated rings. The lowest BCUT2D eigenvalue weighted by molar-refractivity contribution is -0.161. The fourth-order valence-electron chi connectivity index (χ4n) is 6.85. The lowest BCUT2D eigenvalue weighted by Gasteiger charge is -2.18. The predicted molar refractivity (Wildman–Crippen MR) is 225 cm³/mol. The van der Waals surface area contributed by atoms with Crippen LogP contribution in [0.15, 0.2) is 24.3 Å². The van der Waals surface area contributed by atoms with Crippen molar-refractivity contribution in [1.82, 2.24) is 0 Å². The summed E-state index contributed by atoms with van der Waals surface area (Å²) in [4.78, 5) is 43.0. The highest BCUT2D eigenvalue weighted by Crippen LogP contribution is 2.36. The van der Waals surface area contributed by atoms with Crippen LogP contribution in [0.3, 0.4) is 0 Å². The number of ether oxygens (including phenoxy) is 3. The van der Waals surface area contributed by atoms with Gasteiger partial charge in [-0.15, -0.1) is 0 Å². The predicted octanol–water partition coefficient (Wildman–Crippen LogP) is 13.0. The van der Waals surface area contributed by atoms with E-state index in [0.717, 1.165) is 64.2 Å². The van der Waals surface area contributed by atoms with Gasteiger partial charge in [-0.2, -0.15) is 0 Å². The summed E-state index contributed by atoms with van der Waals surface area (Å²) in [6, 6.07) is 0. The molecule has 55 heavy (non-hydrogen) atoms. The van der Waals surface area contributed by atoms with Gasteiger partial charge in [0.05, 0.1) is 18.8 Å². The van der Waals surface area contributed by atoms with Crippen LogP contribution in [0.1, 0.15) is 219 Å². The van der Waals surface area contributed by atoms with Gasteiger partial charge in [0, 0.05) is 12.8 Å². The smallest absolute Gasteiger partial charge is 0.462 e. The van der Waals surface area contributed by atoms with Gasteiger partial charge in [-0.3, -0.25) is 14.1 Å². The molecule has 3 atom stereocenters. The fourth-order valence-corrected chi connectivity index (χ4v) is 7.21. The Morgan fingerprint density at radius 3 is 1.55 bits per heavy atom. The third kappa shape index (κ3) is 36.6. The molecule has 0 spiro atoms. The summed E-state index contributed by atoms with van der Waals surface area (Å²) in [5.74, 6) is -0.901. The zero-order valence-electron chi connectivity index (χ0n) is 35.3. The molecule has 1 saturated heterocycles. The van der Waals surface area contributed by atoms with Crippen LogP contribution < -0.4 is 0 Å². The van der Waals surface area contributed by atoms with E-state index in [2.05, 4.69) is 42.7 Å². The Hall–Kier alpha value is -1.51. The minimum absolute atomic E-state index is 0.207. The molecule has 0 aromatic rings. The highest BCUT2D eigenvalue weighted by molar-refractivity contribution is 7.46. The molecule has 0 aromatic carbocycles. The molecule has 1 aliphatic heterocycles. The first kappa shape index (κ1) is 51.5. The minimum atomic E-state index is -4.76. The van der Waals surface area contributed by atoms with Crippen LogP contribution >= 0.6 is 7.82 Å². The molecule has 0 amide bonds. The summed E-state index contributed by atoms with van der Waals surface area (Å²) >= 11 is 0. The van der Waals surface area contributed by atoms with Crippen LogP contribution in [0.5, 0.6) is 0 Å². The molecule has 1 aliphatic rings. The molecular formula is C45H83O9P. The maximum absolute atomic E-state index is 12.4. The van der Waals surface area contributed by atoms with Gasteiger partial charge in [-0.05, 0) is 64.2 Å². The number of allylic oxidation sites excluding steroid dienone is 3. The van der Waals surface area contributed by atoms with Crippen molar-refractivity contribution < 1.29 is 42.7 Å². The second-order valence-electron chi connectivity index (χ2n) is 15.8. The van der Waals surface area contributed by atoms with Gasteiger partial charge in [0.15, 0.2) is 6.10 Å². The Balaban J connectivity index is 2.02. The summed E-state index contributed by atoms with van der Waals surface area (Å²) < 4.78 is 32.2. The molecule has 9 nitrogen and oxygen atoms in total. The van der Waals surface area contributed by atoms with Crippen LogP contribution in [0.4, 0.5) is 0 Å². The van der Waals surface area contributed by atoms with E-state index < -0.39 is 32.5 Å². The molecule has 2 N–H and O–H groups in total. The number of phosphoric acid groups is 1. The SMILES string of the molecule is CCCCC/C=C\CC1OC1CCCCCCCC(=O)OC[C@H](COP(=O)(O)O)OC(=O)CCCCCCCCCCCCC/C=C\CCCCCCCC. The maximum atomic E-state index is 12.4. The summed E-state index contributed by atoms with van der Waals surface area (Å²) in [5, 5.41) is 0. The molecule has 2 unspecified atom stereocenters. The van der Waals surface area contributed by atoms with E-state index in [1.165, 1.54) is 116 Å². The second-order valence-corrected chi connectivity index (χ2v) is 17.0. The second kappa shape index (κ2) is 36.8. The third-order valence-electron chi connectivity index (χ3n) is 10.4. The zero-order valence-corrected chi connectivity index (χ0v) is 36.2. The van der Waals surface area contributed by atoms with Crippen molar-refractivity contribution in [3.05, 3.63) is 24.3 Å². The Kier molecular flexibility index (Phi) is 34.5. The molecular weight excluding hydrogens is 715 g/mol. The van der Waals surface area contributed by atoms with Crippen LogP contribution in [-0.4, -0.2) is 53.3 Å². The van der Waals surface area contributed by atoms with Crippen LogP contribution in [0.25, 0.3) is 0 Å². The van der Waals surface area contributed by atoms with E-state index in [1.807, 2.05) is 0 Å². The first-order valence-corrected chi connectivity index (χ1v) is 24.3. The van der Waals surface area contributed by atoms with Crippen molar-refractivity contribution in [3.8, 4) is 0 Å². The Morgan fingerprint density at radius 2 is 1.00 bits per heavy atom. The number of rotatable bonds is 41. The highest BCUT2D eigenvalue weighted by atomic mass is 31.2. The Bertz CT molecular complexity index is 1010. The summed E-state index contributed by atoms with van der Waals surface area (Å²) in [6.07, 6.45) is 44.9. The van der Waals surface area contributed by atoms with Crippen LogP contribution in [0.2, 0.25) is 0 Å². The Morgan fingerprint density at radius 1 is 0.564 bits per heavy atom. The monoisotopic (exact) mass is 799 g/mol. The van der Waals surface area contributed by atoms with Crippen molar-refractivity contribution in [2.45, 2.75) is 238 Å².